The van der Waals surface area contributed by atoms with E-state index in [0.29, 0.717) is 126 Å². The lowest BCUT2D eigenvalue weighted by atomic mass is 9.93. The summed E-state index contributed by atoms with van der Waals surface area (Å²) >= 11 is 5.86. The van der Waals surface area contributed by atoms with Gasteiger partial charge in [0.15, 0.2) is 0 Å². The molecule has 682 valence electrons. The molecule has 12 aromatic rings. The highest BCUT2D eigenvalue weighted by Gasteiger charge is 2.42. The highest BCUT2D eigenvalue weighted by molar-refractivity contribution is 7.93. The van der Waals surface area contributed by atoms with E-state index in [0.717, 1.165) is 116 Å². The summed E-state index contributed by atoms with van der Waals surface area (Å²) in [5.74, 6) is -1.86. The van der Waals surface area contributed by atoms with Crippen LogP contribution in [-0.4, -0.2) is 63.9 Å². The average molecular weight is 1880 g/mol. The molecule has 0 bridgehead atoms. The molecule has 0 radical (unpaired) electrons. The molecule has 4 aliphatic heterocycles. The molecular weight excluding hydrogens is 1790 g/mol. The molecule has 12 aromatic carbocycles. The summed E-state index contributed by atoms with van der Waals surface area (Å²) in [5, 5.41) is 18.4. The maximum Gasteiger partial charge on any atom is 0.416 e. The Labute approximate surface area is 765 Å². The van der Waals surface area contributed by atoms with Gasteiger partial charge < -0.3 is 4.74 Å². The molecule has 4 unspecified atom stereocenters. The normalized spacial score (nSPS) is 16.1. The van der Waals surface area contributed by atoms with Gasteiger partial charge in [-0.25, -0.2) is 51.2 Å². The molecule has 0 saturated heterocycles. The van der Waals surface area contributed by atoms with Gasteiger partial charge in [0.05, 0.1) is 71.2 Å². The summed E-state index contributed by atoms with van der Waals surface area (Å²) in [6.45, 7) is 10.2. The Kier molecular flexibility index (Phi) is 30.1. The fourth-order valence-electron chi connectivity index (χ4n) is 17.0. The molecule has 4 atom stereocenters. The molecule has 131 heavy (non-hydrogen) atoms. The Morgan fingerprint density at radius 3 is 1.08 bits per heavy atom. The number of ether oxygens (including phenoxy) is 1. The topological polar surface area (TPSA) is 206 Å². The van der Waals surface area contributed by atoms with Crippen LogP contribution >= 0.6 is 11.6 Å². The number of anilines is 4. The lowest BCUT2D eigenvalue weighted by Crippen LogP contribution is -2.44. The monoisotopic (exact) mass is 1880 g/mol. The second-order valence-corrected chi connectivity index (χ2v) is 41.1. The Bertz CT molecular complexity index is 6720. The zero-order chi connectivity index (χ0) is 94.1. The van der Waals surface area contributed by atoms with Crippen molar-refractivity contribution in [3.05, 3.63) is 372 Å². The molecule has 0 aromatic heterocycles. The van der Waals surface area contributed by atoms with Crippen LogP contribution in [0.4, 0.5) is 62.3 Å². The molecule has 0 fully saturated rings. The van der Waals surface area contributed by atoms with Crippen LogP contribution in [0.2, 0.25) is 5.02 Å². The van der Waals surface area contributed by atoms with E-state index >= 15 is 0 Å². The first-order valence-corrected chi connectivity index (χ1v) is 48.9. The Morgan fingerprint density at radius 2 is 0.695 bits per heavy atom. The predicted octanol–water partition coefficient (Wildman–Crippen LogP) is 23.8. The van der Waals surface area contributed by atoms with E-state index in [-0.39, 0.29) is 62.7 Å². The molecule has 0 spiro atoms. The fourth-order valence-corrected chi connectivity index (χ4v) is 24.1. The number of sulfonamides is 4. The third kappa shape index (κ3) is 23.3. The van der Waals surface area contributed by atoms with Crippen molar-refractivity contribution in [3.63, 3.8) is 0 Å². The lowest BCUT2D eigenvalue weighted by Gasteiger charge is -2.38. The van der Waals surface area contributed by atoms with Crippen molar-refractivity contribution in [3.8, 4) is 17.9 Å². The van der Waals surface area contributed by atoms with Crippen molar-refractivity contribution in [2.24, 2.45) is 0 Å². The average Bonchev–Trinajstić information content (AvgIpc) is 0.768. The van der Waals surface area contributed by atoms with Crippen LogP contribution in [0.25, 0.3) is 0 Å². The number of aryl methyl sites for hydroxylation is 13. The van der Waals surface area contributed by atoms with Gasteiger partial charge >= 0.3 is 12.3 Å². The first-order chi connectivity index (χ1) is 62.2. The zero-order valence-corrected chi connectivity index (χ0v) is 76.7. The van der Waals surface area contributed by atoms with E-state index in [2.05, 4.69) is 16.9 Å². The van der Waals surface area contributed by atoms with Crippen molar-refractivity contribution in [1.82, 2.24) is 0 Å². The maximum atomic E-state index is 14.4. The van der Waals surface area contributed by atoms with Gasteiger partial charge in [-0.1, -0.05) is 126 Å². The zero-order valence-electron chi connectivity index (χ0n) is 72.6. The van der Waals surface area contributed by atoms with E-state index in [1.165, 1.54) is 81.4 Å². The molecule has 4 heterocycles. The van der Waals surface area contributed by atoms with E-state index in [1.807, 2.05) is 100 Å². The van der Waals surface area contributed by atoms with E-state index < -0.39 is 81.7 Å². The summed E-state index contributed by atoms with van der Waals surface area (Å²) in [6.07, 6.45) is 0.982. The molecule has 0 amide bonds. The van der Waals surface area contributed by atoms with Gasteiger partial charge in [0.2, 0.25) is 0 Å². The van der Waals surface area contributed by atoms with Crippen LogP contribution in [0.5, 0.6) is 5.75 Å². The summed E-state index contributed by atoms with van der Waals surface area (Å²) < 4.78 is 242. The highest BCUT2D eigenvalue weighted by Crippen LogP contribution is 2.44. The smallest absolute Gasteiger partial charge is 0.416 e. The minimum Gasteiger partial charge on any atom is -0.433 e. The predicted molar refractivity (Wildman–Crippen MR) is 492 cm³/mol. The quantitative estimate of drug-likeness (QED) is 0.0583. The summed E-state index contributed by atoms with van der Waals surface area (Å²) in [6, 6.07) is 68.9. The number of nitriles is 2. The second kappa shape index (κ2) is 40.8. The van der Waals surface area contributed by atoms with Crippen molar-refractivity contribution in [1.29, 1.82) is 10.5 Å². The second-order valence-electron chi connectivity index (χ2n) is 33.4. The van der Waals surface area contributed by atoms with Crippen LogP contribution in [0.1, 0.15) is 147 Å². The third-order valence-electron chi connectivity index (χ3n) is 23.8. The molecule has 0 aliphatic carbocycles. The van der Waals surface area contributed by atoms with Crippen LogP contribution in [0, 0.1) is 80.5 Å². The van der Waals surface area contributed by atoms with Crippen molar-refractivity contribution in [2.75, 3.05) is 17.2 Å². The minimum atomic E-state index is -4.61. The first-order valence-electron chi connectivity index (χ1n) is 42.8. The number of fused-ring (bicyclic) bond motifs is 4. The number of nitrogens with zero attached hydrogens (tertiary/aromatic N) is 6. The van der Waals surface area contributed by atoms with Crippen molar-refractivity contribution in [2.45, 2.75) is 200 Å². The molecule has 15 nitrogen and oxygen atoms in total. The summed E-state index contributed by atoms with van der Waals surface area (Å²) in [7, 11) is -15.8. The lowest BCUT2D eigenvalue weighted by molar-refractivity contribution is -0.159. The SMILES string of the molecule is Cc1ccc(CCC2CCc3ccc(F)cc3N2S(=O)(=O)c2ccc(C(F)(F)F)cc2)c(F)c1.Cc1ccc(S(=O)(=O)N2c3cc(C)ccc3CCC2CCc2ccc(C#N)cc2)cc1.Cc1ccc(S(=O)(=O)N2c3cc(F)ccc3CCC2CCc2cccc(OC(C)(F)F)c2)cc1.Cc1ccc2c(c1)N(S(=O)(=O)c1ccc(C#N)cc1)C(CCc1ccc(Cl)cc1F)CC2. The fraction of sp³-hybridized carbons (Fsp3) is 0.275. The van der Waals surface area contributed by atoms with Gasteiger partial charge in [-0.05, 0) is 350 Å². The molecule has 0 saturated carbocycles. The van der Waals surface area contributed by atoms with Gasteiger partial charge in [-0.3, -0.25) is 17.2 Å². The van der Waals surface area contributed by atoms with E-state index in [9.17, 15) is 73.2 Å². The number of hydrogen-bond acceptors (Lipinski definition) is 11. The van der Waals surface area contributed by atoms with E-state index in [4.69, 9.17) is 22.1 Å². The van der Waals surface area contributed by atoms with Crippen molar-refractivity contribution < 1.29 is 77.9 Å². The Hall–Kier alpha value is -11.9. The van der Waals surface area contributed by atoms with Gasteiger partial charge in [0, 0.05) is 36.1 Å². The molecule has 4 aliphatic rings. The highest BCUT2D eigenvalue weighted by atomic mass is 35.5. The minimum absolute atomic E-state index is 0.0465. The third-order valence-corrected chi connectivity index (χ3v) is 31.6. The van der Waals surface area contributed by atoms with Crippen LogP contribution in [-0.2, 0) is 97.6 Å². The van der Waals surface area contributed by atoms with Gasteiger partial charge in [-0.2, -0.15) is 32.5 Å². The van der Waals surface area contributed by atoms with Crippen LogP contribution in [0.3, 0.4) is 0 Å². The molecule has 29 heteroatoms. The standard InChI is InChI=1S/C26H26F3NO3S.C26H26N2O2S.C25H22ClFN2O2S.C25H22F5NO2S/c1-18-6-14-24(15-7-18)34(31,32)30-22(13-10-20-9-11-21(27)17-25(20)30)12-8-19-4-3-5-23(16-19)33-26(2,28)29;1-19-4-15-25(16-5-19)31(29,30)28-24(13-10-21-6-8-22(18-27)9-7-21)14-12-23-11-3-20(2)17-26(23)28;1-17-2-5-20-8-11-22(10-7-19-6-9-21(26)15-24(19)27)29(25(20)14-17)32(30,31)23-12-3-18(16-28)4-13-23;1-16-2-3-17(23(27)14-16)5-10-21-11-6-18-4-9-20(26)15-24(18)31(21)34(32,33)22-12-7-19(8-13-22)25(28,29)30/h3-7,9,11,14-17,22H,8,10,12-13H2,1-2H3;3-9,11,15-17,24H,10,12-14H2,1-2H3;2-6,9,12-15,22H,7-8,10-11H2,1H3;2-4,7-9,12-15,21H,5-6,10-11H2,1H3. The van der Waals surface area contributed by atoms with Gasteiger partial charge in [0.25, 0.3) is 40.1 Å². The first kappa shape index (κ1) is 96.6. The maximum absolute atomic E-state index is 14.4. The number of rotatable bonds is 22. The van der Waals surface area contributed by atoms with Crippen LogP contribution in [0.15, 0.2) is 274 Å². The number of alkyl halides is 5. The largest absolute Gasteiger partial charge is 0.433 e. The van der Waals surface area contributed by atoms with Gasteiger partial charge in [-0.15, -0.1) is 0 Å². The Balaban J connectivity index is 0.000000149. The Morgan fingerprint density at radius 1 is 0.366 bits per heavy atom. The molecule has 0 N–H and O–H groups in total. The number of benzene rings is 12. The van der Waals surface area contributed by atoms with Crippen molar-refractivity contribution >= 4 is 74.4 Å². The summed E-state index contributed by atoms with van der Waals surface area (Å²) in [4.78, 5) is 0.272. The van der Waals surface area contributed by atoms with Gasteiger partial charge in [0.1, 0.15) is 29.0 Å². The molecular formula is C102H96ClF9N6O9S4. The molecule has 16 rings (SSSR count). The summed E-state index contributed by atoms with van der Waals surface area (Å²) in [5.41, 5.74) is 13.0. The number of halogens is 10. The number of hydrogen-bond donors (Lipinski definition) is 0. The van der Waals surface area contributed by atoms with Crippen LogP contribution < -0.4 is 22.0 Å². The van der Waals surface area contributed by atoms with E-state index in [1.54, 1.807) is 90.1 Å².